The summed E-state index contributed by atoms with van der Waals surface area (Å²) in [6.45, 7) is 2.82. The van der Waals surface area contributed by atoms with Gasteiger partial charge in [-0.05, 0) is 19.2 Å². The van der Waals surface area contributed by atoms with Crippen LogP contribution < -0.4 is 5.32 Å². The van der Waals surface area contributed by atoms with Crippen LogP contribution in [0.25, 0.3) is 0 Å². The molecule has 2 aromatic rings. The number of hydrogen-bond acceptors (Lipinski definition) is 5. The number of likely N-dealkylation sites (N-methyl/N-ethyl adjacent to an activating group) is 1. The SMILES string of the molecule is CN1CCN(C(=O)c2cc(Nc3c(F)cccc3F)ncn2)CC1. The van der Waals surface area contributed by atoms with Crippen LogP contribution in [0.15, 0.2) is 30.6 Å². The second-order valence-electron chi connectivity index (χ2n) is 5.61. The van der Waals surface area contributed by atoms with Crippen molar-refractivity contribution in [3.05, 3.63) is 47.9 Å². The van der Waals surface area contributed by atoms with Crippen LogP contribution in [0.1, 0.15) is 10.5 Å². The summed E-state index contributed by atoms with van der Waals surface area (Å²) in [7, 11) is 2.00. The summed E-state index contributed by atoms with van der Waals surface area (Å²) >= 11 is 0. The molecule has 0 atom stereocenters. The summed E-state index contributed by atoms with van der Waals surface area (Å²) in [5.74, 6) is -1.53. The molecule has 126 valence electrons. The number of nitrogens with one attached hydrogen (secondary N) is 1. The van der Waals surface area contributed by atoms with Gasteiger partial charge in [-0.2, -0.15) is 0 Å². The Balaban J connectivity index is 1.78. The third-order valence-electron chi connectivity index (χ3n) is 3.89. The molecule has 0 spiro atoms. The van der Waals surface area contributed by atoms with Gasteiger partial charge in [-0.25, -0.2) is 18.7 Å². The van der Waals surface area contributed by atoms with Crippen molar-refractivity contribution < 1.29 is 13.6 Å². The second-order valence-corrected chi connectivity index (χ2v) is 5.61. The van der Waals surface area contributed by atoms with Gasteiger partial charge in [0.1, 0.15) is 35.2 Å². The van der Waals surface area contributed by atoms with Crippen LogP contribution in [-0.4, -0.2) is 58.9 Å². The largest absolute Gasteiger partial charge is 0.335 e. The van der Waals surface area contributed by atoms with Crippen molar-refractivity contribution in [2.24, 2.45) is 0 Å². The summed E-state index contributed by atoms with van der Waals surface area (Å²) in [6.07, 6.45) is 1.20. The first-order valence-electron chi connectivity index (χ1n) is 7.55. The molecule has 1 aromatic heterocycles. The zero-order valence-corrected chi connectivity index (χ0v) is 13.2. The molecule has 0 unspecified atom stereocenters. The number of carbonyl (C=O) groups is 1. The maximum atomic E-state index is 13.7. The van der Waals surface area contributed by atoms with E-state index in [1.165, 1.54) is 18.5 Å². The van der Waals surface area contributed by atoms with E-state index in [4.69, 9.17) is 0 Å². The fraction of sp³-hybridized carbons (Fsp3) is 0.312. The predicted octanol–water partition coefficient (Wildman–Crippen LogP) is 1.89. The first kappa shape index (κ1) is 16.3. The van der Waals surface area contributed by atoms with Gasteiger partial charge in [0, 0.05) is 32.2 Å². The first-order chi connectivity index (χ1) is 11.5. The number of hydrogen-bond donors (Lipinski definition) is 1. The van der Waals surface area contributed by atoms with E-state index >= 15 is 0 Å². The summed E-state index contributed by atoms with van der Waals surface area (Å²) in [6, 6.07) is 4.95. The van der Waals surface area contributed by atoms with Crippen LogP contribution in [0.3, 0.4) is 0 Å². The summed E-state index contributed by atoms with van der Waals surface area (Å²) in [5.41, 5.74) is -0.122. The normalized spacial score (nSPS) is 15.4. The van der Waals surface area contributed by atoms with Crippen molar-refractivity contribution in [2.75, 3.05) is 38.5 Å². The lowest BCUT2D eigenvalue weighted by Gasteiger charge is -2.32. The van der Waals surface area contributed by atoms with Crippen LogP contribution in [0.2, 0.25) is 0 Å². The Labute approximate surface area is 138 Å². The van der Waals surface area contributed by atoms with Crippen molar-refractivity contribution in [3.63, 3.8) is 0 Å². The van der Waals surface area contributed by atoms with E-state index < -0.39 is 11.6 Å². The lowest BCUT2D eigenvalue weighted by atomic mass is 10.2. The Hall–Kier alpha value is -2.61. The Bertz CT molecular complexity index is 727. The molecule has 3 rings (SSSR count). The average Bonchev–Trinajstić information content (AvgIpc) is 2.59. The Morgan fingerprint density at radius 3 is 2.46 bits per heavy atom. The molecular weight excluding hydrogens is 316 g/mol. The van der Waals surface area contributed by atoms with E-state index in [2.05, 4.69) is 20.2 Å². The minimum atomic E-state index is -0.736. The minimum Gasteiger partial charge on any atom is -0.335 e. The number of piperazine rings is 1. The van der Waals surface area contributed by atoms with Gasteiger partial charge in [-0.15, -0.1) is 0 Å². The van der Waals surface area contributed by atoms with E-state index in [1.807, 2.05) is 7.05 Å². The van der Waals surface area contributed by atoms with Crippen molar-refractivity contribution in [1.29, 1.82) is 0 Å². The van der Waals surface area contributed by atoms with Crippen LogP contribution in [0.4, 0.5) is 20.3 Å². The third kappa shape index (κ3) is 3.48. The molecule has 0 saturated carbocycles. The van der Waals surface area contributed by atoms with Crippen molar-refractivity contribution in [2.45, 2.75) is 0 Å². The van der Waals surface area contributed by atoms with E-state index in [1.54, 1.807) is 4.90 Å². The van der Waals surface area contributed by atoms with Crippen LogP contribution in [0, 0.1) is 11.6 Å². The lowest BCUT2D eigenvalue weighted by Crippen LogP contribution is -2.47. The number of halogens is 2. The fourth-order valence-electron chi connectivity index (χ4n) is 2.46. The van der Waals surface area contributed by atoms with Gasteiger partial charge in [0.15, 0.2) is 0 Å². The Kier molecular flexibility index (Phi) is 4.66. The van der Waals surface area contributed by atoms with Crippen LogP contribution in [0.5, 0.6) is 0 Å². The maximum Gasteiger partial charge on any atom is 0.272 e. The first-order valence-corrected chi connectivity index (χ1v) is 7.55. The van der Waals surface area contributed by atoms with Gasteiger partial charge < -0.3 is 15.1 Å². The highest BCUT2D eigenvalue weighted by Gasteiger charge is 2.22. The van der Waals surface area contributed by atoms with Gasteiger partial charge in [-0.1, -0.05) is 6.07 Å². The third-order valence-corrected chi connectivity index (χ3v) is 3.89. The second kappa shape index (κ2) is 6.88. The van der Waals surface area contributed by atoms with Gasteiger partial charge in [0.2, 0.25) is 0 Å². The highest BCUT2D eigenvalue weighted by molar-refractivity contribution is 5.93. The Morgan fingerprint density at radius 2 is 1.79 bits per heavy atom. The molecule has 1 saturated heterocycles. The van der Waals surface area contributed by atoms with Gasteiger partial charge in [0.05, 0.1) is 0 Å². The van der Waals surface area contributed by atoms with E-state index in [0.29, 0.717) is 13.1 Å². The molecule has 1 fully saturated rings. The van der Waals surface area contributed by atoms with E-state index in [-0.39, 0.29) is 23.1 Å². The molecular formula is C16H17F2N5O. The van der Waals surface area contributed by atoms with Crippen molar-refractivity contribution in [1.82, 2.24) is 19.8 Å². The fourth-order valence-corrected chi connectivity index (χ4v) is 2.46. The topological polar surface area (TPSA) is 61.4 Å². The van der Waals surface area contributed by atoms with Crippen LogP contribution >= 0.6 is 0 Å². The summed E-state index contributed by atoms with van der Waals surface area (Å²) in [4.78, 5) is 24.2. The lowest BCUT2D eigenvalue weighted by molar-refractivity contribution is 0.0658. The standard InChI is InChI=1S/C16H17F2N5O/c1-22-5-7-23(8-6-22)16(24)13-9-14(20-10-19-13)21-15-11(17)3-2-4-12(15)18/h2-4,9-10H,5-8H2,1H3,(H,19,20,21). The quantitative estimate of drug-likeness (QED) is 0.929. The average molecular weight is 333 g/mol. The number of amides is 1. The van der Waals surface area contributed by atoms with Gasteiger partial charge in [-0.3, -0.25) is 4.79 Å². The number of benzene rings is 1. The number of nitrogens with zero attached hydrogens (tertiary/aromatic N) is 4. The molecule has 6 nitrogen and oxygen atoms in total. The highest BCUT2D eigenvalue weighted by atomic mass is 19.1. The predicted molar refractivity (Wildman–Crippen MR) is 85.1 cm³/mol. The molecule has 2 heterocycles. The zero-order valence-electron chi connectivity index (χ0n) is 13.2. The molecule has 0 bridgehead atoms. The Morgan fingerprint density at radius 1 is 1.12 bits per heavy atom. The molecule has 0 radical (unpaired) electrons. The van der Waals surface area contributed by atoms with E-state index in [9.17, 15) is 13.6 Å². The number of aromatic nitrogens is 2. The molecule has 8 heteroatoms. The summed E-state index contributed by atoms with van der Waals surface area (Å²) < 4.78 is 27.4. The molecule has 1 aliphatic rings. The van der Waals surface area contributed by atoms with Gasteiger partial charge in [0.25, 0.3) is 5.91 Å². The molecule has 1 amide bonds. The molecule has 1 aromatic carbocycles. The van der Waals surface area contributed by atoms with Crippen LogP contribution in [-0.2, 0) is 0 Å². The molecule has 1 aliphatic heterocycles. The number of carbonyl (C=O) groups excluding carboxylic acids is 1. The van der Waals surface area contributed by atoms with E-state index in [0.717, 1.165) is 25.2 Å². The maximum absolute atomic E-state index is 13.7. The van der Waals surface area contributed by atoms with Crippen molar-refractivity contribution in [3.8, 4) is 0 Å². The number of para-hydroxylation sites is 1. The van der Waals surface area contributed by atoms with Crippen molar-refractivity contribution >= 4 is 17.4 Å². The highest BCUT2D eigenvalue weighted by Crippen LogP contribution is 2.22. The minimum absolute atomic E-state index is 0.159. The number of anilines is 2. The zero-order chi connectivity index (χ0) is 17.1. The molecule has 1 N–H and O–H groups in total. The smallest absolute Gasteiger partial charge is 0.272 e. The molecule has 0 aliphatic carbocycles. The number of rotatable bonds is 3. The van der Waals surface area contributed by atoms with Gasteiger partial charge >= 0.3 is 0 Å². The summed E-state index contributed by atoms with van der Waals surface area (Å²) in [5, 5.41) is 2.57. The monoisotopic (exact) mass is 333 g/mol. The molecule has 24 heavy (non-hydrogen) atoms.